The number of rotatable bonds is 4. The van der Waals surface area contributed by atoms with Crippen LogP contribution in [0.4, 0.5) is 0 Å². The molecule has 0 aromatic carbocycles. The first-order chi connectivity index (χ1) is 4.54. The first-order valence-corrected chi connectivity index (χ1v) is 2.89. The Balaban J connectivity index is 3.89. The molecule has 0 fully saturated rings. The topological polar surface area (TPSA) is 80.9 Å². The highest BCUT2D eigenvalue weighted by Gasteiger charge is 2.30. The molecule has 1 unspecified atom stereocenters. The lowest BCUT2D eigenvalue weighted by Crippen LogP contribution is -2.45. The summed E-state index contributed by atoms with van der Waals surface area (Å²) in [5.41, 5.74) is 0. The van der Waals surface area contributed by atoms with Gasteiger partial charge in [0.2, 0.25) is 5.79 Å². The fourth-order valence-corrected chi connectivity index (χ4v) is 0.452. The SMILES string of the molecule is C=CCC(O)C(O)(O)CO. The van der Waals surface area contributed by atoms with Crippen LogP contribution < -0.4 is 0 Å². The maximum absolute atomic E-state index is 8.85. The second-order valence-corrected chi connectivity index (χ2v) is 2.08. The summed E-state index contributed by atoms with van der Waals surface area (Å²) in [4.78, 5) is 0. The predicted molar refractivity (Wildman–Crippen MR) is 35.1 cm³/mol. The fraction of sp³-hybridized carbons (Fsp3) is 0.667. The summed E-state index contributed by atoms with van der Waals surface area (Å²) in [6.45, 7) is 2.40. The van der Waals surface area contributed by atoms with Gasteiger partial charge in [-0.2, -0.15) is 0 Å². The standard InChI is InChI=1S/C6H12O4/c1-2-3-5(8)6(9,10)4-7/h2,5,7-10H,1,3-4H2. The Hall–Kier alpha value is -0.420. The van der Waals surface area contributed by atoms with Crippen molar-refractivity contribution < 1.29 is 20.4 Å². The van der Waals surface area contributed by atoms with Crippen LogP contribution in [-0.2, 0) is 0 Å². The third-order valence-electron chi connectivity index (χ3n) is 1.16. The minimum atomic E-state index is -2.41. The summed E-state index contributed by atoms with van der Waals surface area (Å²) in [7, 11) is 0. The van der Waals surface area contributed by atoms with Gasteiger partial charge < -0.3 is 20.4 Å². The van der Waals surface area contributed by atoms with Crippen molar-refractivity contribution in [3.8, 4) is 0 Å². The highest BCUT2D eigenvalue weighted by molar-refractivity contribution is 4.81. The van der Waals surface area contributed by atoms with Crippen LogP contribution >= 0.6 is 0 Å². The molecule has 0 amide bonds. The van der Waals surface area contributed by atoms with Gasteiger partial charge in [0, 0.05) is 0 Å². The molecule has 0 heterocycles. The molecule has 0 bridgehead atoms. The summed E-state index contributed by atoms with van der Waals surface area (Å²) in [5, 5.41) is 34.6. The molecule has 4 heteroatoms. The number of aliphatic hydroxyl groups excluding tert-OH is 2. The van der Waals surface area contributed by atoms with Crippen LogP contribution in [0.2, 0.25) is 0 Å². The van der Waals surface area contributed by atoms with E-state index in [1.54, 1.807) is 0 Å². The molecule has 10 heavy (non-hydrogen) atoms. The summed E-state index contributed by atoms with van der Waals surface area (Å²) in [5.74, 6) is -2.41. The number of aliphatic hydroxyl groups is 4. The van der Waals surface area contributed by atoms with Crippen molar-refractivity contribution in [2.75, 3.05) is 6.61 Å². The molecule has 0 aliphatic heterocycles. The molecule has 0 rings (SSSR count). The van der Waals surface area contributed by atoms with E-state index in [1.807, 2.05) is 0 Å². The minimum absolute atomic E-state index is 0.0353. The molecular weight excluding hydrogens is 136 g/mol. The van der Waals surface area contributed by atoms with E-state index in [0.29, 0.717) is 0 Å². The van der Waals surface area contributed by atoms with E-state index in [2.05, 4.69) is 6.58 Å². The molecule has 0 aliphatic carbocycles. The number of hydrogen-bond acceptors (Lipinski definition) is 4. The van der Waals surface area contributed by atoms with Crippen LogP contribution in [0.5, 0.6) is 0 Å². The van der Waals surface area contributed by atoms with E-state index in [-0.39, 0.29) is 6.42 Å². The second-order valence-electron chi connectivity index (χ2n) is 2.08. The molecule has 0 spiro atoms. The Morgan fingerprint density at radius 1 is 1.50 bits per heavy atom. The van der Waals surface area contributed by atoms with Gasteiger partial charge in [0.05, 0.1) is 6.61 Å². The molecule has 60 valence electrons. The van der Waals surface area contributed by atoms with Gasteiger partial charge >= 0.3 is 0 Å². The second kappa shape index (κ2) is 3.68. The van der Waals surface area contributed by atoms with Crippen LogP contribution in [-0.4, -0.2) is 38.9 Å². The fourth-order valence-electron chi connectivity index (χ4n) is 0.452. The van der Waals surface area contributed by atoms with Crippen molar-refractivity contribution in [2.24, 2.45) is 0 Å². The van der Waals surface area contributed by atoms with Crippen molar-refractivity contribution >= 4 is 0 Å². The molecule has 0 radical (unpaired) electrons. The monoisotopic (exact) mass is 148 g/mol. The molecule has 0 aliphatic rings. The van der Waals surface area contributed by atoms with E-state index >= 15 is 0 Å². The molecule has 0 aromatic heterocycles. The Kier molecular flexibility index (Phi) is 3.52. The van der Waals surface area contributed by atoms with Crippen LogP contribution in [0, 0.1) is 0 Å². The molecule has 1 atom stereocenters. The Bertz CT molecular complexity index is 110. The quantitative estimate of drug-likeness (QED) is 0.292. The van der Waals surface area contributed by atoms with Crippen LogP contribution in [0.25, 0.3) is 0 Å². The first-order valence-electron chi connectivity index (χ1n) is 2.89. The van der Waals surface area contributed by atoms with Crippen molar-refractivity contribution in [3.05, 3.63) is 12.7 Å². The Morgan fingerprint density at radius 3 is 2.30 bits per heavy atom. The maximum atomic E-state index is 8.85. The molecule has 0 saturated heterocycles. The first kappa shape index (κ1) is 9.58. The van der Waals surface area contributed by atoms with E-state index in [9.17, 15) is 0 Å². The predicted octanol–water partition coefficient (Wildman–Crippen LogP) is -1.40. The lowest BCUT2D eigenvalue weighted by Gasteiger charge is -2.23. The van der Waals surface area contributed by atoms with Gasteiger partial charge in [0.15, 0.2) is 0 Å². The summed E-state index contributed by atoms with van der Waals surface area (Å²) in [6.07, 6.45) is -0.00951. The van der Waals surface area contributed by atoms with Crippen LogP contribution in [0.15, 0.2) is 12.7 Å². The smallest absolute Gasteiger partial charge is 0.213 e. The molecule has 4 nitrogen and oxygen atoms in total. The van der Waals surface area contributed by atoms with Crippen molar-refractivity contribution in [3.63, 3.8) is 0 Å². The van der Waals surface area contributed by atoms with E-state index < -0.39 is 18.5 Å². The molecule has 4 N–H and O–H groups in total. The largest absolute Gasteiger partial charge is 0.391 e. The van der Waals surface area contributed by atoms with Crippen molar-refractivity contribution in [1.29, 1.82) is 0 Å². The Morgan fingerprint density at radius 2 is 2.00 bits per heavy atom. The van der Waals surface area contributed by atoms with Gasteiger partial charge in [-0.25, -0.2) is 0 Å². The average molecular weight is 148 g/mol. The van der Waals surface area contributed by atoms with Crippen LogP contribution in [0.1, 0.15) is 6.42 Å². The number of hydrogen-bond donors (Lipinski definition) is 4. The highest BCUT2D eigenvalue weighted by Crippen LogP contribution is 2.08. The van der Waals surface area contributed by atoms with E-state index in [4.69, 9.17) is 20.4 Å². The zero-order valence-electron chi connectivity index (χ0n) is 5.56. The van der Waals surface area contributed by atoms with E-state index in [1.165, 1.54) is 6.08 Å². The van der Waals surface area contributed by atoms with E-state index in [0.717, 1.165) is 0 Å². The van der Waals surface area contributed by atoms with Gasteiger partial charge in [-0.1, -0.05) is 6.08 Å². The molecule has 0 aromatic rings. The Labute approximate surface area is 59.1 Å². The van der Waals surface area contributed by atoms with Gasteiger partial charge in [-0.05, 0) is 6.42 Å². The summed E-state index contributed by atoms with van der Waals surface area (Å²) >= 11 is 0. The zero-order chi connectivity index (χ0) is 8.20. The third kappa shape index (κ3) is 2.45. The molecule has 0 saturated carbocycles. The lowest BCUT2D eigenvalue weighted by molar-refractivity contribution is -0.242. The highest BCUT2D eigenvalue weighted by atomic mass is 16.5. The maximum Gasteiger partial charge on any atom is 0.213 e. The zero-order valence-corrected chi connectivity index (χ0v) is 5.56. The van der Waals surface area contributed by atoms with Gasteiger partial charge in [0.1, 0.15) is 6.10 Å². The van der Waals surface area contributed by atoms with Crippen molar-refractivity contribution in [2.45, 2.75) is 18.3 Å². The normalized spacial score (nSPS) is 14.8. The molecular formula is C6H12O4. The minimum Gasteiger partial charge on any atom is -0.391 e. The summed E-state index contributed by atoms with van der Waals surface area (Å²) in [6, 6.07) is 0. The lowest BCUT2D eigenvalue weighted by atomic mass is 10.1. The van der Waals surface area contributed by atoms with Gasteiger partial charge in [-0.15, -0.1) is 6.58 Å². The van der Waals surface area contributed by atoms with Gasteiger partial charge in [0.25, 0.3) is 0 Å². The van der Waals surface area contributed by atoms with Crippen molar-refractivity contribution in [1.82, 2.24) is 0 Å². The summed E-state index contributed by atoms with van der Waals surface area (Å²) < 4.78 is 0. The third-order valence-corrected chi connectivity index (χ3v) is 1.16. The van der Waals surface area contributed by atoms with Gasteiger partial charge in [-0.3, -0.25) is 0 Å². The average Bonchev–Trinajstić information content (AvgIpc) is 1.89. The van der Waals surface area contributed by atoms with Crippen LogP contribution in [0.3, 0.4) is 0 Å².